The lowest BCUT2D eigenvalue weighted by Crippen LogP contribution is -2.49. The van der Waals surface area contributed by atoms with Crippen molar-refractivity contribution in [2.75, 3.05) is 49.1 Å². The minimum atomic E-state index is 0.0514. The van der Waals surface area contributed by atoms with Crippen LogP contribution in [0.4, 0.5) is 11.6 Å². The highest BCUT2D eigenvalue weighted by Crippen LogP contribution is 2.21. The van der Waals surface area contributed by atoms with Crippen molar-refractivity contribution in [2.45, 2.75) is 33.1 Å². The number of hydrogen-bond acceptors (Lipinski definition) is 6. The number of piperazine rings is 1. The molecule has 2 aliphatic rings. The summed E-state index contributed by atoms with van der Waals surface area (Å²) in [7, 11) is 0. The number of rotatable bonds is 3. The Morgan fingerprint density at radius 2 is 1.48 bits per heavy atom. The summed E-state index contributed by atoms with van der Waals surface area (Å²) in [6, 6.07) is 5.95. The van der Waals surface area contributed by atoms with E-state index in [1.165, 1.54) is 19.3 Å². The van der Waals surface area contributed by atoms with Gasteiger partial charge in [-0.15, -0.1) is 10.2 Å². The molecule has 0 radical (unpaired) electrons. The first-order valence-electron chi connectivity index (χ1n) is 9.82. The number of aryl methyl sites for hydroxylation is 2. The van der Waals surface area contributed by atoms with Crippen LogP contribution in [-0.4, -0.2) is 60.3 Å². The van der Waals surface area contributed by atoms with E-state index in [0.717, 1.165) is 43.6 Å². The van der Waals surface area contributed by atoms with Crippen molar-refractivity contribution in [1.29, 1.82) is 0 Å². The van der Waals surface area contributed by atoms with Crippen LogP contribution in [0.3, 0.4) is 0 Å². The maximum absolute atomic E-state index is 12.7. The molecule has 2 fully saturated rings. The Morgan fingerprint density at radius 3 is 2.00 bits per heavy atom. The molecule has 27 heavy (non-hydrogen) atoms. The van der Waals surface area contributed by atoms with Crippen molar-refractivity contribution in [3.05, 3.63) is 35.3 Å². The molecule has 0 bridgehead atoms. The highest BCUT2D eigenvalue weighted by atomic mass is 16.3. The molecule has 2 aromatic heterocycles. The Morgan fingerprint density at radius 1 is 0.889 bits per heavy atom. The predicted octanol–water partition coefficient (Wildman–Crippen LogP) is 2.64. The summed E-state index contributed by atoms with van der Waals surface area (Å²) in [5.41, 5.74) is 0.673. The molecular formula is C20H27N5O2. The Hall–Kier alpha value is -2.57. The van der Waals surface area contributed by atoms with Crippen LogP contribution in [0.15, 0.2) is 22.6 Å². The van der Waals surface area contributed by atoms with Gasteiger partial charge in [0.15, 0.2) is 11.6 Å². The maximum Gasteiger partial charge on any atom is 0.257 e. The van der Waals surface area contributed by atoms with Gasteiger partial charge in [0, 0.05) is 39.3 Å². The Kier molecular flexibility index (Phi) is 5.01. The molecule has 0 N–H and O–H groups in total. The zero-order valence-electron chi connectivity index (χ0n) is 16.1. The molecule has 0 aromatic carbocycles. The molecule has 0 unspecified atom stereocenters. The fourth-order valence-electron chi connectivity index (χ4n) is 3.93. The van der Waals surface area contributed by atoms with Gasteiger partial charge in [0.05, 0.1) is 5.56 Å². The number of furan rings is 1. The quantitative estimate of drug-likeness (QED) is 0.829. The van der Waals surface area contributed by atoms with Crippen molar-refractivity contribution in [3.8, 4) is 0 Å². The van der Waals surface area contributed by atoms with E-state index in [1.54, 1.807) is 0 Å². The first kappa shape index (κ1) is 17.8. The van der Waals surface area contributed by atoms with Crippen LogP contribution in [0, 0.1) is 13.8 Å². The summed E-state index contributed by atoms with van der Waals surface area (Å²) in [4.78, 5) is 19.1. The number of amides is 1. The predicted molar refractivity (Wildman–Crippen MR) is 104 cm³/mol. The van der Waals surface area contributed by atoms with Crippen LogP contribution in [-0.2, 0) is 0 Å². The molecule has 2 aliphatic heterocycles. The SMILES string of the molecule is Cc1cc(C(=O)N2CCN(c3ccc(N4CCCCC4)nn3)CC2)c(C)o1. The highest BCUT2D eigenvalue weighted by molar-refractivity contribution is 5.95. The molecule has 0 aliphatic carbocycles. The zero-order chi connectivity index (χ0) is 18.8. The number of piperidine rings is 1. The molecule has 0 spiro atoms. The molecule has 2 aromatic rings. The second-order valence-electron chi connectivity index (χ2n) is 7.40. The van der Waals surface area contributed by atoms with Gasteiger partial charge in [-0.1, -0.05) is 0 Å². The number of anilines is 2. The smallest absolute Gasteiger partial charge is 0.257 e. The van der Waals surface area contributed by atoms with E-state index >= 15 is 0 Å². The first-order valence-corrected chi connectivity index (χ1v) is 9.82. The van der Waals surface area contributed by atoms with Crippen LogP contribution in [0.5, 0.6) is 0 Å². The number of carbonyl (C=O) groups is 1. The third-order valence-corrected chi connectivity index (χ3v) is 5.48. The molecule has 1 amide bonds. The maximum atomic E-state index is 12.7. The topological polar surface area (TPSA) is 65.7 Å². The number of nitrogens with zero attached hydrogens (tertiary/aromatic N) is 5. The Balaban J connectivity index is 1.36. The fraction of sp³-hybridized carbons (Fsp3) is 0.550. The Labute approximate surface area is 159 Å². The number of hydrogen-bond donors (Lipinski definition) is 0. The fourth-order valence-corrected chi connectivity index (χ4v) is 3.93. The van der Waals surface area contributed by atoms with Gasteiger partial charge < -0.3 is 19.1 Å². The minimum absolute atomic E-state index is 0.0514. The molecule has 0 atom stereocenters. The van der Waals surface area contributed by atoms with Crippen molar-refractivity contribution in [3.63, 3.8) is 0 Å². The zero-order valence-corrected chi connectivity index (χ0v) is 16.1. The van der Waals surface area contributed by atoms with Gasteiger partial charge in [0.25, 0.3) is 5.91 Å². The van der Waals surface area contributed by atoms with E-state index in [0.29, 0.717) is 24.4 Å². The molecule has 0 saturated carbocycles. The van der Waals surface area contributed by atoms with Gasteiger partial charge >= 0.3 is 0 Å². The van der Waals surface area contributed by atoms with Gasteiger partial charge in [-0.2, -0.15) is 0 Å². The monoisotopic (exact) mass is 369 g/mol. The van der Waals surface area contributed by atoms with E-state index < -0.39 is 0 Å². The van der Waals surface area contributed by atoms with Gasteiger partial charge in [-0.25, -0.2) is 0 Å². The summed E-state index contributed by atoms with van der Waals surface area (Å²) >= 11 is 0. The molecule has 2 saturated heterocycles. The van der Waals surface area contributed by atoms with E-state index in [1.807, 2.05) is 24.8 Å². The summed E-state index contributed by atoms with van der Waals surface area (Å²) in [5.74, 6) is 3.38. The summed E-state index contributed by atoms with van der Waals surface area (Å²) in [6.45, 7) is 8.74. The second-order valence-corrected chi connectivity index (χ2v) is 7.40. The molecule has 144 valence electrons. The summed E-state index contributed by atoms with van der Waals surface area (Å²) in [5, 5.41) is 8.87. The molecule has 7 heteroatoms. The third-order valence-electron chi connectivity index (χ3n) is 5.48. The molecular weight excluding hydrogens is 342 g/mol. The second kappa shape index (κ2) is 7.58. The highest BCUT2D eigenvalue weighted by Gasteiger charge is 2.25. The van der Waals surface area contributed by atoms with Crippen molar-refractivity contribution >= 4 is 17.5 Å². The van der Waals surface area contributed by atoms with Crippen LogP contribution >= 0.6 is 0 Å². The van der Waals surface area contributed by atoms with Gasteiger partial charge in [-0.05, 0) is 51.3 Å². The average molecular weight is 369 g/mol. The minimum Gasteiger partial charge on any atom is -0.466 e. The summed E-state index contributed by atoms with van der Waals surface area (Å²) in [6.07, 6.45) is 3.77. The summed E-state index contributed by atoms with van der Waals surface area (Å²) < 4.78 is 5.50. The lowest BCUT2D eigenvalue weighted by Gasteiger charge is -2.35. The van der Waals surface area contributed by atoms with Gasteiger partial charge in [-0.3, -0.25) is 4.79 Å². The standard InChI is InChI=1S/C20H27N5O2/c1-15-14-17(16(2)27-15)20(26)25-12-10-24(11-13-25)19-7-6-18(21-22-19)23-8-4-3-5-9-23/h6-7,14H,3-5,8-13H2,1-2H3. The van der Waals surface area contributed by atoms with E-state index in [4.69, 9.17) is 4.42 Å². The first-order chi connectivity index (χ1) is 13.1. The average Bonchev–Trinajstić information content (AvgIpc) is 3.06. The van der Waals surface area contributed by atoms with Crippen molar-refractivity contribution in [2.24, 2.45) is 0 Å². The third kappa shape index (κ3) is 3.77. The van der Waals surface area contributed by atoms with E-state index in [2.05, 4.69) is 32.1 Å². The lowest BCUT2D eigenvalue weighted by molar-refractivity contribution is 0.0744. The number of carbonyl (C=O) groups excluding carboxylic acids is 1. The van der Waals surface area contributed by atoms with E-state index in [9.17, 15) is 4.79 Å². The molecule has 4 heterocycles. The number of aromatic nitrogens is 2. The molecule has 4 rings (SSSR count). The van der Waals surface area contributed by atoms with Crippen molar-refractivity contribution in [1.82, 2.24) is 15.1 Å². The molecule has 7 nitrogen and oxygen atoms in total. The normalized spacial score (nSPS) is 18.1. The van der Waals surface area contributed by atoms with Gasteiger partial charge in [0.2, 0.25) is 0 Å². The van der Waals surface area contributed by atoms with Crippen LogP contribution < -0.4 is 9.80 Å². The largest absolute Gasteiger partial charge is 0.466 e. The van der Waals surface area contributed by atoms with E-state index in [-0.39, 0.29) is 5.91 Å². The lowest BCUT2D eigenvalue weighted by atomic mass is 10.1. The Bertz CT molecular complexity index is 787. The van der Waals surface area contributed by atoms with Crippen LogP contribution in [0.2, 0.25) is 0 Å². The van der Waals surface area contributed by atoms with Crippen LogP contribution in [0.1, 0.15) is 41.1 Å². The van der Waals surface area contributed by atoms with Crippen LogP contribution in [0.25, 0.3) is 0 Å². The van der Waals surface area contributed by atoms with Crippen molar-refractivity contribution < 1.29 is 9.21 Å². The van der Waals surface area contributed by atoms with Gasteiger partial charge in [0.1, 0.15) is 11.5 Å².